The molecule has 0 saturated carbocycles. The summed E-state index contributed by atoms with van der Waals surface area (Å²) >= 11 is 4.85. The highest BCUT2D eigenvalue weighted by Gasteiger charge is 2.61. The average molecular weight is 264 g/mol. The van der Waals surface area contributed by atoms with Crippen molar-refractivity contribution in [3.05, 3.63) is 35.4 Å². The van der Waals surface area contributed by atoms with Crippen molar-refractivity contribution in [2.75, 3.05) is 0 Å². The predicted octanol–water partition coefficient (Wildman–Crippen LogP) is 3.40. The molecule has 1 aromatic rings. The first-order chi connectivity index (χ1) is 8.14. The standard InChI is InChI=1S/C15H20O2S/c1-13(2)10-7-5-6-8-11(10)14(3,4)15(13,18)9-12(16)17/h5-8,18H,9H2,1-4H3,(H,16,17). The van der Waals surface area contributed by atoms with Gasteiger partial charge in [-0.15, -0.1) is 0 Å². The Kier molecular flexibility index (Phi) is 2.82. The van der Waals surface area contributed by atoms with Crippen LogP contribution in [-0.2, 0) is 15.6 Å². The summed E-state index contributed by atoms with van der Waals surface area (Å²) in [4.78, 5) is 11.2. The summed E-state index contributed by atoms with van der Waals surface area (Å²) in [5.41, 5.74) is 1.89. The molecule has 18 heavy (non-hydrogen) atoms. The van der Waals surface area contributed by atoms with Crippen LogP contribution in [0.25, 0.3) is 0 Å². The number of fused-ring (bicyclic) bond motifs is 1. The first kappa shape index (κ1) is 13.5. The Labute approximate surface area is 114 Å². The monoisotopic (exact) mass is 264 g/mol. The second kappa shape index (κ2) is 3.77. The van der Waals surface area contributed by atoms with Gasteiger partial charge in [-0.3, -0.25) is 4.79 Å². The molecule has 1 aliphatic rings. The summed E-state index contributed by atoms with van der Waals surface area (Å²) in [7, 11) is 0. The van der Waals surface area contributed by atoms with E-state index in [0.29, 0.717) is 0 Å². The Morgan fingerprint density at radius 1 is 1.11 bits per heavy atom. The highest BCUT2D eigenvalue weighted by atomic mass is 32.1. The van der Waals surface area contributed by atoms with E-state index < -0.39 is 10.7 Å². The Hall–Kier alpha value is -0.960. The van der Waals surface area contributed by atoms with Crippen LogP contribution in [0, 0.1) is 0 Å². The minimum absolute atomic E-state index is 0.0603. The van der Waals surface area contributed by atoms with Crippen molar-refractivity contribution in [3.63, 3.8) is 0 Å². The van der Waals surface area contributed by atoms with Gasteiger partial charge < -0.3 is 5.11 Å². The van der Waals surface area contributed by atoms with Gasteiger partial charge >= 0.3 is 5.97 Å². The molecule has 0 fully saturated rings. The number of hydrogen-bond donors (Lipinski definition) is 2. The molecule has 3 heteroatoms. The van der Waals surface area contributed by atoms with Crippen molar-refractivity contribution < 1.29 is 9.90 Å². The highest BCUT2D eigenvalue weighted by Crippen LogP contribution is 2.60. The first-order valence-corrected chi connectivity index (χ1v) is 6.63. The Balaban J connectivity index is 2.69. The molecule has 98 valence electrons. The molecule has 2 nitrogen and oxygen atoms in total. The molecule has 0 bridgehead atoms. The molecule has 0 heterocycles. The fourth-order valence-electron chi connectivity index (χ4n) is 3.46. The van der Waals surface area contributed by atoms with Gasteiger partial charge in [0.25, 0.3) is 0 Å². The van der Waals surface area contributed by atoms with Crippen LogP contribution in [0.2, 0.25) is 0 Å². The van der Waals surface area contributed by atoms with Gasteiger partial charge in [0.2, 0.25) is 0 Å². The molecule has 1 N–H and O–H groups in total. The summed E-state index contributed by atoms with van der Waals surface area (Å²) < 4.78 is -0.588. The van der Waals surface area contributed by atoms with Crippen LogP contribution in [0.4, 0.5) is 0 Å². The van der Waals surface area contributed by atoms with Gasteiger partial charge in [0.1, 0.15) is 0 Å². The predicted molar refractivity (Wildman–Crippen MR) is 76.5 cm³/mol. The fourth-order valence-corrected chi connectivity index (χ4v) is 3.84. The molecule has 0 atom stereocenters. The second-order valence-corrected chi connectivity index (χ2v) is 6.99. The second-order valence-electron chi connectivity index (χ2n) is 6.23. The number of carboxylic acid groups (broad SMARTS) is 1. The van der Waals surface area contributed by atoms with Gasteiger partial charge in [-0.1, -0.05) is 52.0 Å². The lowest BCUT2D eigenvalue weighted by molar-refractivity contribution is -0.138. The van der Waals surface area contributed by atoms with E-state index in [1.54, 1.807) is 0 Å². The van der Waals surface area contributed by atoms with Crippen LogP contribution < -0.4 is 0 Å². The molecule has 0 spiro atoms. The Morgan fingerprint density at radius 3 is 1.83 bits per heavy atom. The van der Waals surface area contributed by atoms with Crippen molar-refractivity contribution in [2.45, 2.75) is 49.7 Å². The smallest absolute Gasteiger partial charge is 0.304 e. The number of aliphatic carboxylic acids is 1. The van der Waals surface area contributed by atoms with Gasteiger partial charge in [-0.25, -0.2) is 0 Å². The number of thiol groups is 1. The van der Waals surface area contributed by atoms with Crippen molar-refractivity contribution in [1.29, 1.82) is 0 Å². The van der Waals surface area contributed by atoms with Crippen LogP contribution in [0.3, 0.4) is 0 Å². The van der Waals surface area contributed by atoms with E-state index in [2.05, 4.69) is 39.8 Å². The molecular formula is C15H20O2S. The van der Waals surface area contributed by atoms with Gasteiger partial charge in [-0.2, -0.15) is 12.6 Å². The third-order valence-corrected chi connectivity index (χ3v) is 6.02. The van der Waals surface area contributed by atoms with E-state index in [1.165, 1.54) is 11.1 Å². The fraction of sp³-hybridized carbons (Fsp3) is 0.533. The lowest BCUT2D eigenvalue weighted by atomic mass is 9.67. The van der Waals surface area contributed by atoms with E-state index >= 15 is 0 Å². The molecule has 0 radical (unpaired) electrons. The maximum atomic E-state index is 11.2. The van der Waals surface area contributed by atoms with E-state index in [0.717, 1.165) is 0 Å². The SMILES string of the molecule is CC1(C)c2ccccc2C(C)(C)C1(S)CC(=O)O. The van der Waals surface area contributed by atoms with Crippen LogP contribution >= 0.6 is 12.6 Å². The lowest BCUT2D eigenvalue weighted by Gasteiger charge is -2.45. The minimum Gasteiger partial charge on any atom is -0.481 e. The zero-order valence-corrected chi connectivity index (χ0v) is 12.2. The summed E-state index contributed by atoms with van der Waals surface area (Å²) in [5, 5.41) is 9.23. The zero-order valence-electron chi connectivity index (χ0n) is 11.3. The number of hydrogen-bond acceptors (Lipinski definition) is 2. The summed E-state index contributed by atoms with van der Waals surface area (Å²) in [5.74, 6) is -0.793. The third-order valence-electron chi connectivity index (χ3n) is 4.75. The Morgan fingerprint density at radius 2 is 1.50 bits per heavy atom. The maximum absolute atomic E-state index is 11.2. The maximum Gasteiger partial charge on any atom is 0.304 e. The summed E-state index contributed by atoms with van der Waals surface area (Å²) in [6.45, 7) is 8.38. The third kappa shape index (κ3) is 1.46. The number of rotatable bonds is 2. The van der Waals surface area contributed by atoms with E-state index in [1.807, 2.05) is 12.1 Å². The van der Waals surface area contributed by atoms with Crippen molar-refractivity contribution in [2.24, 2.45) is 0 Å². The molecule has 0 aliphatic heterocycles. The van der Waals surface area contributed by atoms with Gasteiger partial charge in [-0.05, 0) is 11.1 Å². The summed E-state index contributed by atoms with van der Waals surface area (Å²) in [6, 6.07) is 8.21. The topological polar surface area (TPSA) is 37.3 Å². The number of carbonyl (C=O) groups is 1. The van der Waals surface area contributed by atoms with Crippen LogP contribution in [-0.4, -0.2) is 15.8 Å². The van der Waals surface area contributed by atoms with E-state index in [-0.39, 0.29) is 17.3 Å². The summed E-state index contributed by atoms with van der Waals surface area (Å²) in [6.07, 6.45) is 0.0603. The molecule has 2 rings (SSSR count). The molecular weight excluding hydrogens is 244 g/mol. The lowest BCUT2D eigenvalue weighted by Crippen LogP contribution is -2.51. The highest BCUT2D eigenvalue weighted by molar-refractivity contribution is 7.82. The molecule has 0 unspecified atom stereocenters. The quantitative estimate of drug-likeness (QED) is 0.803. The zero-order chi connectivity index (χ0) is 13.8. The Bertz CT molecular complexity index is 468. The minimum atomic E-state index is -0.793. The van der Waals surface area contributed by atoms with Gasteiger partial charge in [0, 0.05) is 15.6 Å². The largest absolute Gasteiger partial charge is 0.481 e. The first-order valence-electron chi connectivity index (χ1n) is 6.19. The number of benzene rings is 1. The van der Waals surface area contributed by atoms with Crippen molar-refractivity contribution in [3.8, 4) is 0 Å². The molecule has 0 amide bonds. The molecule has 0 aromatic heterocycles. The normalized spacial score (nSPS) is 22.5. The van der Waals surface area contributed by atoms with Crippen LogP contribution in [0.15, 0.2) is 24.3 Å². The average Bonchev–Trinajstić information content (AvgIpc) is 2.37. The van der Waals surface area contributed by atoms with Crippen LogP contribution in [0.5, 0.6) is 0 Å². The van der Waals surface area contributed by atoms with Gasteiger partial charge in [0.15, 0.2) is 0 Å². The van der Waals surface area contributed by atoms with E-state index in [9.17, 15) is 9.90 Å². The van der Waals surface area contributed by atoms with Crippen molar-refractivity contribution in [1.82, 2.24) is 0 Å². The van der Waals surface area contributed by atoms with Gasteiger partial charge in [0.05, 0.1) is 6.42 Å². The van der Waals surface area contributed by atoms with Crippen molar-refractivity contribution >= 4 is 18.6 Å². The van der Waals surface area contributed by atoms with Crippen LogP contribution in [0.1, 0.15) is 45.2 Å². The molecule has 1 aromatic carbocycles. The molecule has 0 saturated heterocycles. The number of carboxylic acids is 1. The molecule has 1 aliphatic carbocycles. The van der Waals surface area contributed by atoms with E-state index in [4.69, 9.17) is 12.6 Å².